The van der Waals surface area contributed by atoms with Crippen LogP contribution in [-0.4, -0.2) is 102 Å². The maximum atomic E-state index is 13.3. The maximum absolute atomic E-state index is 13.3. The zero-order chi connectivity index (χ0) is 32.4. The molecule has 2 heterocycles. The van der Waals surface area contributed by atoms with E-state index in [1.807, 2.05) is 72.7 Å². The molecule has 0 aromatic carbocycles. The summed E-state index contributed by atoms with van der Waals surface area (Å²) >= 11 is 0. The van der Waals surface area contributed by atoms with Gasteiger partial charge in [-0.1, -0.05) is 51.5 Å². The van der Waals surface area contributed by atoms with Crippen LogP contribution in [0.25, 0.3) is 0 Å². The third kappa shape index (κ3) is 11.2. The number of rotatable bonds is 7. The SMILES string of the molecule is CCC1OC(=O)CC(OC(C)=O)C(C)C(OC2OC(C)CC(N(C)C)C2O)C(CCO)CC(C)C(O)C=CC(C)=CC1C. The van der Waals surface area contributed by atoms with Crippen LogP contribution in [0, 0.1) is 23.7 Å². The van der Waals surface area contributed by atoms with Gasteiger partial charge in [-0.3, -0.25) is 9.59 Å². The van der Waals surface area contributed by atoms with Crippen molar-refractivity contribution in [3.63, 3.8) is 0 Å². The predicted molar refractivity (Wildman–Crippen MR) is 164 cm³/mol. The van der Waals surface area contributed by atoms with Crippen molar-refractivity contribution in [1.82, 2.24) is 4.90 Å². The molecule has 10 nitrogen and oxygen atoms in total. The van der Waals surface area contributed by atoms with Gasteiger partial charge in [0.2, 0.25) is 0 Å². The molecule has 12 atom stereocenters. The molecule has 43 heavy (non-hydrogen) atoms. The Morgan fingerprint density at radius 3 is 2.40 bits per heavy atom. The van der Waals surface area contributed by atoms with Crippen molar-refractivity contribution in [2.24, 2.45) is 23.7 Å². The number of ether oxygens (including phenoxy) is 4. The largest absolute Gasteiger partial charge is 0.462 e. The average molecular weight is 612 g/mol. The molecule has 0 bridgehead atoms. The van der Waals surface area contributed by atoms with Crippen molar-refractivity contribution in [3.05, 3.63) is 23.8 Å². The Labute approximate surface area is 258 Å². The van der Waals surface area contributed by atoms with Gasteiger partial charge in [0.1, 0.15) is 18.3 Å². The van der Waals surface area contributed by atoms with Crippen molar-refractivity contribution in [1.29, 1.82) is 0 Å². The van der Waals surface area contributed by atoms with Gasteiger partial charge in [-0.05, 0) is 65.5 Å². The van der Waals surface area contributed by atoms with Gasteiger partial charge in [0.05, 0.1) is 24.7 Å². The van der Waals surface area contributed by atoms with E-state index in [1.165, 1.54) is 6.92 Å². The number of nitrogens with zero attached hydrogens (tertiary/aromatic N) is 1. The first-order valence-electron chi connectivity index (χ1n) is 15.9. The molecule has 1 fully saturated rings. The van der Waals surface area contributed by atoms with E-state index in [-0.39, 0.29) is 49.0 Å². The number of cyclic esters (lactones) is 1. The maximum Gasteiger partial charge on any atom is 0.309 e. The van der Waals surface area contributed by atoms with E-state index >= 15 is 0 Å². The molecule has 0 aromatic rings. The fraction of sp³-hybridized carbons (Fsp3) is 0.818. The molecule has 0 radical (unpaired) electrons. The van der Waals surface area contributed by atoms with Gasteiger partial charge in [-0.25, -0.2) is 0 Å². The van der Waals surface area contributed by atoms with Gasteiger partial charge in [0, 0.05) is 31.4 Å². The number of hydrogen-bond acceptors (Lipinski definition) is 10. The summed E-state index contributed by atoms with van der Waals surface area (Å²) in [6, 6.07) is -0.207. The molecule has 248 valence electrons. The van der Waals surface area contributed by atoms with E-state index in [0.29, 0.717) is 25.7 Å². The van der Waals surface area contributed by atoms with Crippen LogP contribution >= 0.6 is 0 Å². The number of hydrogen-bond donors (Lipinski definition) is 3. The fourth-order valence-corrected chi connectivity index (χ4v) is 6.39. The van der Waals surface area contributed by atoms with Gasteiger partial charge in [-0.2, -0.15) is 0 Å². The molecular formula is C33H57NO9. The molecule has 2 rings (SSSR count). The molecular weight excluding hydrogens is 554 g/mol. The minimum absolute atomic E-state index is 0.0766. The third-order valence-electron chi connectivity index (χ3n) is 8.93. The lowest BCUT2D eigenvalue weighted by atomic mass is 9.79. The highest BCUT2D eigenvalue weighted by Crippen LogP contribution is 2.35. The van der Waals surface area contributed by atoms with E-state index < -0.39 is 48.6 Å². The van der Waals surface area contributed by atoms with Gasteiger partial charge in [0.15, 0.2) is 6.29 Å². The van der Waals surface area contributed by atoms with Gasteiger partial charge >= 0.3 is 11.9 Å². The lowest BCUT2D eigenvalue weighted by Gasteiger charge is -2.45. The molecule has 0 aromatic heterocycles. The monoisotopic (exact) mass is 611 g/mol. The minimum Gasteiger partial charge on any atom is -0.462 e. The zero-order valence-electron chi connectivity index (χ0n) is 27.6. The van der Waals surface area contributed by atoms with Crippen molar-refractivity contribution < 1.29 is 43.9 Å². The van der Waals surface area contributed by atoms with Crippen LogP contribution in [0.3, 0.4) is 0 Å². The first-order chi connectivity index (χ1) is 20.2. The second-order valence-electron chi connectivity index (χ2n) is 12.9. The minimum atomic E-state index is -0.987. The smallest absolute Gasteiger partial charge is 0.309 e. The normalized spacial score (nSPS) is 38.8. The first-order valence-corrected chi connectivity index (χ1v) is 15.9. The number of carbonyl (C=O) groups is 2. The number of esters is 2. The number of aliphatic hydroxyl groups excluding tert-OH is 3. The van der Waals surface area contributed by atoms with E-state index in [1.54, 1.807) is 6.08 Å². The quantitative estimate of drug-likeness (QED) is 0.367. The van der Waals surface area contributed by atoms with Crippen molar-refractivity contribution in [2.45, 2.75) is 130 Å². The standard InChI is InChI=1S/C33H57NO9/c1-10-28-21(4)15-19(2)11-12-27(37)20(3)16-25(13-14-35)32(23(6)29(41-24(7)36)18-30(38)42-28)43-33-31(39)26(34(8)9)17-22(5)40-33/h11-12,15,20-23,25-29,31-33,35,37,39H,10,13-14,16-18H2,1-9H3. The highest BCUT2D eigenvalue weighted by atomic mass is 16.7. The summed E-state index contributed by atoms with van der Waals surface area (Å²) in [5.41, 5.74) is 0.938. The van der Waals surface area contributed by atoms with Crippen LogP contribution in [0.15, 0.2) is 23.8 Å². The topological polar surface area (TPSA) is 135 Å². The Hall–Kier alpha value is -1.82. The van der Waals surface area contributed by atoms with Crippen LogP contribution in [-0.2, 0) is 28.5 Å². The summed E-state index contributed by atoms with van der Waals surface area (Å²) in [5, 5.41) is 32.5. The lowest BCUT2D eigenvalue weighted by molar-refractivity contribution is -0.284. The highest BCUT2D eigenvalue weighted by Gasteiger charge is 2.44. The highest BCUT2D eigenvalue weighted by molar-refractivity contribution is 5.71. The van der Waals surface area contributed by atoms with E-state index in [2.05, 4.69) is 0 Å². The Balaban J connectivity index is 2.59. The van der Waals surface area contributed by atoms with Crippen LogP contribution in [0.4, 0.5) is 0 Å². The Kier molecular flexibility index (Phi) is 15.3. The van der Waals surface area contributed by atoms with E-state index in [9.17, 15) is 24.9 Å². The van der Waals surface area contributed by atoms with Gasteiger partial charge in [0.25, 0.3) is 0 Å². The molecule has 2 aliphatic rings. The van der Waals surface area contributed by atoms with Crippen molar-refractivity contribution in [2.75, 3.05) is 20.7 Å². The van der Waals surface area contributed by atoms with Crippen molar-refractivity contribution in [3.8, 4) is 0 Å². The summed E-state index contributed by atoms with van der Waals surface area (Å²) in [6.07, 6.45) is 2.61. The summed E-state index contributed by atoms with van der Waals surface area (Å²) in [7, 11) is 3.79. The molecule has 12 unspecified atom stereocenters. The number of likely N-dealkylation sites (N-methyl/N-ethyl adjacent to an activating group) is 1. The molecule has 0 aliphatic carbocycles. The molecule has 0 saturated carbocycles. The van der Waals surface area contributed by atoms with Crippen LogP contribution in [0.2, 0.25) is 0 Å². The van der Waals surface area contributed by atoms with E-state index in [0.717, 1.165) is 5.57 Å². The van der Waals surface area contributed by atoms with Crippen LogP contribution in [0.1, 0.15) is 80.6 Å². The first kappa shape index (κ1) is 37.4. The van der Waals surface area contributed by atoms with Crippen molar-refractivity contribution >= 4 is 11.9 Å². The molecule has 10 heteroatoms. The second-order valence-corrected chi connectivity index (χ2v) is 12.9. The van der Waals surface area contributed by atoms with Gasteiger partial charge in [-0.15, -0.1) is 0 Å². The number of aliphatic hydroxyl groups is 3. The Morgan fingerprint density at radius 2 is 1.81 bits per heavy atom. The summed E-state index contributed by atoms with van der Waals surface area (Å²) in [5.74, 6) is -2.19. The van der Waals surface area contributed by atoms with Gasteiger partial charge < -0.3 is 39.2 Å². The Bertz CT molecular complexity index is 937. The number of carbonyl (C=O) groups excluding carboxylic acids is 2. The van der Waals surface area contributed by atoms with Crippen LogP contribution < -0.4 is 0 Å². The predicted octanol–water partition coefficient (Wildman–Crippen LogP) is 3.62. The summed E-state index contributed by atoms with van der Waals surface area (Å²) in [6.45, 7) is 12.7. The zero-order valence-corrected chi connectivity index (χ0v) is 27.6. The molecule has 0 spiro atoms. The molecule has 0 amide bonds. The third-order valence-corrected chi connectivity index (χ3v) is 8.93. The number of allylic oxidation sites excluding steroid dienone is 2. The summed E-state index contributed by atoms with van der Waals surface area (Å²) < 4.78 is 24.3. The fourth-order valence-electron chi connectivity index (χ4n) is 6.39. The van der Waals surface area contributed by atoms with E-state index in [4.69, 9.17) is 18.9 Å². The molecule has 3 N–H and O–H groups in total. The second kappa shape index (κ2) is 17.6. The average Bonchev–Trinajstić information content (AvgIpc) is 2.92. The molecule has 2 aliphatic heterocycles. The Morgan fingerprint density at radius 1 is 1.14 bits per heavy atom. The van der Waals surface area contributed by atoms with Crippen LogP contribution in [0.5, 0.6) is 0 Å². The lowest BCUT2D eigenvalue weighted by Crippen LogP contribution is -2.56. The summed E-state index contributed by atoms with van der Waals surface area (Å²) in [4.78, 5) is 27.5. The molecule has 1 saturated heterocycles.